The minimum absolute atomic E-state index is 0.138. The van der Waals surface area contributed by atoms with Gasteiger partial charge in [-0.1, -0.05) is 26.0 Å². The second-order valence-corrected chi connectivity index (χ2v) is 8.66. The molecule has 0 bridgehead atoms. The summed E-state index contributed by atoms with van der Waals surface area (Å²) in [6.45, 7) is 5.08. The van der Waals surface area contributed by atoms with Crippen molar-refractivity contribution in [1.29, 1.82) is 0 Å². The van der Waals surface area contributed by atoms with Crippen LogP contribution in [0.5, 0.6) is 17.2 Å². The molecule has 1 aliphatic rings. The van der Waals surface area contributed by atoms with Gasteiger partial charge in [0, 0.05) is 18.7 Å². The quantitative estimate of drug-likeness (QED) is 0.659. The maximum Gasteiger partial charge on any atom is 0.306 e. The minimum atomic E-state index is -3.61. The van der Waals surface area contributed by atoms with Gasteiger partial charge >= 0.3 is 10.1 Å². The van der Waals surface area contributed by atoms with Crippen molar-refractivity contribution in [3.8, 4) is 17.2 Å². The molecule has 0 radical (unpaired) electrons. The fourth-order valence-electron chi connectivity index (χ4n) is 2.96. The molecule has 0 saturated carbocycles. The van der Waals surface area contributed by atoms with Crippen LogP contribution in [0.25, 0.3) is 0 Å². The van der Waals surface area contributed by atoms with Crippen molar-refractivity contribution >= 4 is 16.0 Å². The Morgan fingerprint density at radius 2 is 1.89 bits per heavy atom. The second kappa shape index (κ2) is 8.10. The second-order valence-electron chi connectivity index (χ2n) is 7.08. The van der Waals surface area contributed by atoms with Crippen LogP contribution in [0.1, 0.15) is 29.8 Å². The Labute approximate surface area is 164 Å². The summed E-state index contributed by atoms with van der Waals surface area (Å²) in [6, 6.07) is 11.8. The molecule has 150 valence electrons. The topological polar surface area (TPSA) is 82.1 Å². The lowest BCUT2D eigenvalue weighted by atomic mass is 10.1. The first kappa shape index (κ1) is 20.0. The highest BCUT2D eigenvalue weighted by Crippen LogP contribution is 2.33. The van der Waals surface area contributed by atoms with Crippen molar-refractivity contribution in [2.45, 2.75) is 20.4 Å². The molecular formula is C20H23NO6S. The molecule has 1 aliphatic heterocycles. The minimum Gasteiger partial charge on any atom is -0.454 e. The van der Waals surface area contributed by atoms with Gasteiger partial charge < -0.3 is 18.6 Å². The van der Waals surface area contributed by atoms with Gasteiger partial charge in [-0.25, -0.2) is 0 Å². The molecule has 0 unspecified atom stereocenters. The van der Waals surface area contributed by atoms with Gasteiger partial charge in [-0.15, -0.1) is 0 Å². The van der Waals surface area contributed by atoms with Gasteiger partial charge in [0.25, 0.3) is 5.91 Å². The van der Waals surface area contributed by atoms with Crippen LogP contribution in [0, 0.1) is 5.92 Å². The average molecular weight is 405 g/mol. The average Bonchev–Trinajstić information content (AvgIpc) is 3.06. The number of fused-ring (bicyclic) bond motifs is 1. The molecule has 1 amide bonds. The van der Waals surface area contributed by atoms with Crippen molar-refractivity contribution < 1.29 is 26.9 Å². The Balaban J connectivity index is 1.82. The number of amides is 1. The highest BCUT2D eigenvalue weighted by Gasteiger charge is 2.21. The van der Waals surface area contributed by atoms with Crippen LogP contribution in [-0.2, 0) is 16.7 Å². The first-order valence-corrected chi connectivity index (χ1v) is 10.7. The van der Waals surface area contributed by atoms with Crippen LogP contribution in [-0.4, -0.2) is 38.8 Å². The Morgan fingerprint density at radius 1 is 1.14 bits per heavy atom. The summed E-state index contributed by atoms with van der Waals surface area (Å²) in [4.78, 5) is 14.8. The lowest BCUT2D eigenvalue weighted by Gasteiger charge is -2.25. The summed E-state index contributed by atoms with van der Waals surface area (Å²) in [5, 5.41) is 0. The fraction of sp³-hybridized carbons (Fsp3) is 0.350. The number of carbonyl (C=O) groups is 1. The van der Waals surface area contributed by atoms with Crippen molar-refractivity contribution in [2.24, 2.45) is 5.92 Å². The summed E-state index contributed by atoms with van der Waals surface area (Å²) < 4.78 is 38.3. The van der Waals surface area contributed by atoms with E-state index in [1.54, 1.807) is 41.3 Å². The predicted octanol–water partition coefficient (Wildman–Crippen LogP) is 3.05. The van der Waals surface area contributed by atoms with Crippen LogP contribution in [0.15, 0.2) is 42.5 Å². The van der Waals surface area contributed by atoms with E-state index in [9.17, 15) is 13.2 Å². The van der Waals surface area contributed by atoms with E-state index < -0.39 is 10.1 Å². The molecule has 8 heteroatoms. The Hall–Kier alpha value is -2.74. The van der Waals surface area contributed by atoms with Gasteiger partial charge in [-0.2, -0.15) is 8.42 Å². The van der Waals surface area contributed by atoms with E-state index in [-0.39, 0.29) is 24.4 Å². The van der Waals surface area contributed by atoms with Gasteiger partial charge in [0.05, 0.1) is 6.26 Å². The number of ether oxygens (including phenoxy) is 2. The third-order valence-corrected chi connectivity index (χ3v) is 4.51. The molecule has 0 fully saturated rings. The summed E-state index contributed by atoms with van der Waals surface area (Å²) >= 11 is 0. The van der Waals surface area contributed by atoms with E-state index >= 15 is 0 Å². The van der Waals surface area contributed by atoms with Crippen LogP contribution >= 0.6 is 0 Å². The van der Waals surface area contributed by atoms with Crippen LogP contribution in [0.3, 0.4) is 0 Å². The summed E-state index contributed by atoms with van der Waals surface area (Å²) in [5.41, 5.74) is 1.28. The molecule has 0 spiro atoms. The number of hydrogen-bond donors (Lipinski definition) is 0. The zero-order valence-electron chi connectivity index (χ0n) is 16.0. The van der Waals surface area contributed by atoms with E-state index in [1.807, 2.05) is 19.9 Å². The molecule has 0 saturated heterocycles. The molecule has 0 atom stereocenters. The van der Waals surface area contributed by atoms with Crippen LogP contribution in [0.2, 0.25) is 0 Å². The lowest BCUT2D eigenvalue weighted by molar-refractivity contribution is 0.0722. The number of rotatable bonds is 7. The lowest BCUT2D eigenvalue weighted by Crippen LogP contribution is -2.33. The zero-order chi connectivity index (χ0) is 20.3. The zero-order valence-corrected chi connectivity index (χ0v) is 16.9. The maximum atomic E-state index is 13.1. The number of nitrogens with zero attached hydrogens (tertiary/aromatic N) is 1. The predicted molar refractivity (Wildman–Crippen MR) is 104 cm³/mol. The Bertz CT molecular complexity index is 970. The van der Waals surface area contributed by atoms with Gasteiger partial charge in [0.1, 0.15) is 5.75 Å². The smallest absolute Gasteiger partial charge is 0.306 e. The molecule has 2 aromatic carbocycles. The normalized spacial score (nSPS) is 12.9. The fourth-order valence-corrected chi connectivity index (χ4v) is 3.42. The molecule has 0 aromatic heterocycles. The van der Waals surface area contributed by atoms with Crippen molar-refractivity contribution in [3.63, 3.8) is 0 Å². The monoisotopic (exact) mass is 405 g/mol. The first-order chi connectivity index (χ1) is 13.2. The standard InChI is InChI=1S/C20H23NO6S/c1-14(2)11-21(12-15-5-4-6-17(9-15)27-28(3,23)24)20(22)16-7-8-18-19(10-16)26-13-25-18/h4-10,14H,11-13H2,1-3H3. The SMILES string of the molecule is CC(C)CN(Cc1cccc(OS(C)(=O)=O)c1)C(=O)c1ccc2c(c1)OCO2. The molecule has 2 aromatic rings. The summed E-state index contributed by atoms with van der Waals surface area (Å²) in [5.74, 6) is 1.52. The molecule has 1 heterocycles. The molecule has 3 rings (SSSR count). The highest BCUT2D eigenvalue weighted by molar-refractivity contribution is 7.86. The number of hydrogen-bond acceptors (Lipinski definition) is 6. The summed E-state index contributed by atoms with van der Waals surface area (Å²) in [7, 11) is -3.61. The van der Waals surface area contributed by atoms with Gasteiger partial charge in [0.15, 0.2) is 11.5 Å². The van der Waals surface area contributed by atoms with E-state index in [2.05, 4.69) is 0 Å². The Morgan fingerprint density at radius 3 is 2.61 bits per heavy atom. The van der Waals surface area contributed by atoms with Gasteiger partial charge in [-0.05, 0) is 41.8 Å². The first-order valence-electron chi connectivity index (χ1n) is 8.88. The number of carbonyl (C=O) groups excluding carboxylic acids is 1. The van der Waals surface area contributed by atoms with Crippen molar-refractivity contribution in [3.05, 3.63) is 53.6 Å². The van der Waals surface area contributed by atoms with Crippen LogP contribution in [0.4, 0.5) is 0 Å². The van der Waals surface area contributed by atoms with Crippen LogP contribution < -0.4 is 13.7 Å². The maximum absolute atomic E-state index is 13.1. The summed E-state index contributed by atoms with van der Waals surface area (Å²) in [6.07, 6.45) is 0.994. The number of benzene rings is 2. The van der Waals surface area contributed by atoms with E-state index in [4.69, 9.17) is 13.7 Å². The third-order valence-electron chi connectivity index (χ3n) is 4.01. The van der Waals surface area contributed by atoms with E-state index in [1.165, 1.54) is 0 Å². The van der Waals surface area contributed by atoms with E-state index in [0.717, 1.165) is 11.8 Å². The molecule has 0 aliphatic carbocycles. The molecule has 0 N–H and O–H groups in total. The van der Waals surface area contributed by atoms with E-state index in [0.29, 0.717) is 30.2 Å². The Kier molecular flexibility index (Phi) is 5.79. The highest BCUT2D eigenvalue weighted by atomic mass is 32.2. The molecular weight excluding hydrogens is 382 g/mol. The van der Waals surface area contributed by atoms with Gasteiger partial charge in [-0.3, -0.25) is 4.79 Å². The van der Waals surface area contributed by atoms with Crippen molar-refractivity contribution in [2.75, 3.05) is 19.6 Å². The molecule has 28 heavy (non-hydrogen) atoms. The largest absolute Gasteiger partial charge is 0.454 e. The third kappa shape index (κ3) is 5.16. The van der Waals surface area contributed by atoms with Crippen molar-refractivity contribution in [1.82, 2.24) is 4.90 Å². The molecule has 7 nitrogen and oxygen atoms in total. The van der Waals surface area contributed by atoms with Gasteiger partial charge in [0.2, 0.25) is 6.79 Å².